The Balaban J connectivity index is 3.44. The average molecular weight is 299 g/mol. The van der Waals surface area contributed by atoms with Crippen LogP contribution >= 0.6 is 0 Å². The molecule has 2 nitrogen and oxygen atoms in total. The van der Waals surface area contributed by atoms with Gasteiger partial charge in [-0.05, 0) is 25.7 Å². The Morgan fingerprint density at radius 2 is 1.05 bits per heavy atom. The van der Waals surface area contributed by atoms with Crippen LogP contribution in [-0.2, 0) is 9.53 Å². The zero-order chi connectivity index (χ0) is 15.6. The van der Waals surface area contributed by atoms with Crippen molar-refractivity contribution in [1.82, 2.24) is 0 Å². The van der Waals surface area contributed by atoms with E-state index >= 15 is 0 Å². The Bertz CT molecular complexity index is 204. The zero-order valence-electron chi connectivity index (χ0n) is 14.6. The van der Waals surface area contributed by atoms with E-state index in [-0.39, 0.29) is 6.10 Å². The second kappa shape index (κ2) is 17.5. The SMILES string of the molecule is CCCCCCCCCCC(CCCCCCC)OC=O. The molecule has 126 valence electrons. The van der Waals surface area contributed by atoms with Crippen LogP contribution in [-0.4, -0.2) is 12.6 Å². The van der Waals surface area contributed by atoms with E-state index in [4.69, 9.17) is 4.74 Å². The molecule has 0 aliphatic heterocycles. The van der Waals surface area contributed by atoms with Crippen molar-refractivity contribution in [2.24, 2.45) is 0 Å². The number of carbonyl (C=O) groups is 1. The Hall–Kier alpha value is -0.530. The molecule has 21 heavy (non-hydrogen) atoms. The Labute approximate surface area is 133 Å². The maximum Gasteiger partial charge on any atom is 0.293 e. The van der Waals surface area contributed by atoms with Crippen molar-refractivity contribution >= 4 is 6.47 Å². The van der Waals surface area contributed by atoms with Crippen LogP contribution in [0.25, 0.3) is 0 Å². The first-order valence-electron chi connectivity index (χ1n) is 9.44. The first-order valence-corrected chi connectivity index (χ1v) is 9.44. The smallest absolute Gasteiger partial charge is 0.293 e. The lowest BCUT2D eigenvalue weighted by atomic mass is 10.0. The van der Waals surface area contributed by atoms with E-state index < -0.39 is 0 Å². The summed E-state index contributed by atoms with van der Waals surface area (Å²) < 4.78 is 5.23. The molecule has 0 aliphatic rings. The van der Waals surface area contributed by atoms with Gasteiger partial charge >= 0.3 is 0 Å². The van der Waals surface area contributed by atoms with Gasteiger partial charge in [-0.25, -0.2) is 0 Å². The lowest BCUT2D eigenvalue weighted by Crippen LogP contribution is -2.12. The number of hydrogen-bond donors (Lipinski definition) is 0. The van der Waals surface area contributed by atoms with Crippen molar-refractivity contribution < 1.29 is 9.53 Å². The van der Waals surface area contributed by atoms with Gasteiger partial charge in [-0.3, -0.25) is 4.79 Å². The molecule has 0 radical (unpaired) electrons. The van der Waals surface area contributed by atoms with Crippen LogP contribution in [0.1, 0.15) is 110 Å². The lowest BCUT2D eigenvalue weighted by Gasteiger charge is -2.15. The summed E-state index contributed by atoms with van der Waals surface area (Å²) in [4.78, 5) is 10.6. The van der Waals surface area contributed by atoms with E-state index in [2.05, 4.69) is 13.8 Å². The standard InChI is InChI=1S/C19H38O2/c1-3-5-7-9-10-11-13-15-17-19(21-18-20)16-14-12-8-6-4-2/h18-19H,3-17H2,1-2H3. The second-order valence-electron chi connectivity index (χ2n) is 6.32. The summed E-state index contributed by atoms with van der Waals surface area (Å²) in [7, 11) is 0. The molecule has 0 spiro atoms. The Morgan fingerprint density at radius 1 is 0.667 bits per heavy atom. The highest BCUT2D eigenvalue weighted by molar-refractivity contribution is 5.37. The normalized spacial score (nSPS) is 12.3. The number of unbranched alkanes of at least 4 members (excludes halogenated alkanes) is 11. The van der Waals surface area contributed by atoms with Gasteiger partial charge in [0, 0.05) is 0 Å². The van der Waals surface area contributed by atoms with Crippen molar-refractivity contribution in [2.75, 3.05) is 0 Å². The van der Waals surface area contributed by atoms with Crippen molar-refractivity contribution in [1.29, 1.82) is 0 Å². The second-order valence-corrected chi connectivity index (χ2v) is 6.32. The minimum absolute atomic E-state index is 0.171. The fraction of sp³-hybridized carbons (Fsp3) is 0.947. The predicted octanol–water partition coefficient (Wildman–Crippen LogP) is 6.42. The van der Waals surface area contributed by atoms with E-state index in [1.165, 1.54) is 83.5 Å². The van der Waals surface area contributed by atoms with Gasteiger partial charge in [0.05, 0.1) is 0 Å². The molecule has 1 atom stereocenters. The summed E-state index contributed by atoms with van der Waals surface area (Å²) in [5.41, 5.74) is 0. The van der Waals surface area contributed by atoms with Crippen LogP contribution in [0.15, 0.2) is 0 Å². The molecular weight excluding hydrogens is 260 g/mol. The number of hydrogen-bond acceptors (Lipinski definition) is 2. The molecule has 2 heteroatoms. The van der Waals surface area contributed by atoms with Gasteiger partial charge in [-0.1, -0.05) is 84.5 Å². The molecule has 0 saturated heterocycles. The van der Waals surface area contributed by atoms with Gasteiger partial charge in [0.1, 0.15) is 6.10 Å². The Kier molecular flexibility index (Phi) is 17.1. The maximum atomic E-state index is 10.6. The van der Waals surface area contributed by atoms with Crippen LogP contribution in [0.2, 0.25) is 0 Å². The summed E-state index contributed by atoms with van der Waals surface area (Å²) in [6.07, 6.45) is 19.4. The number of rotatable bonds is 17. The predicted molar refractivity (Wildman–Crippen MR) is 91.5 cm³/mol. The molecule has 0 N–H and O–H groups in total. The van der Waals surface area contributed by atoms with E-state index in [9.17, 15) is 4.79 Å². The average Bonchev–Trinajstić information content (AvgIpc) is 2.49. The number of carbonyl (C=O) groups excluding carboxylic acids is 1. The molecule has 0 bridgehead atoms. The topological polar surface area (TPSA) is 26.3 Å². The maximum absolute atomic E-state index is 10.6. The summed E-state index contributed by atoms with van der Waals surface area (Å²) >= 11 is 0. The van der Waals surface area contributed by atoms with Crippen molar-refractivity contribution in [3.8, 4) is 0 Å². The lowest BCUT2D eigenvalue weighted by molar-refractivity contribution is -0.134. The summed E-state index contributed by atoms with van der Waals surface area (Å²) in [5.74, 6) is 0. The summed E-state index contributed by atoms with van der Waals surface area (Å²) in [6, 6.07) is 0. The van der Waals surface area contributed by atoms with Crippen molar-refractivity contribution in [3.05, 3.63) is 0 Å². The molecule has 0 aliphatic carbocycles. The third-order valence-corrected chi connectivity index (χ3v) is 4.26. The minimum Gasteiger partial charge on any atom is -0.465 e. The molecule has 0 rings (SSSR count). The van der Waals surface area contributed by atoms with Crippen molar-refractivity contribution in [3.63, 3.8) is 0 Å². The van der Waals surface area contributed by atoms with E-state index in [1.54, 1.807) is 0 Å². The third kappa shape index (κ3) is 15.7. The molecule has 0 aromatic heterocycles. The third-order valence-electron chi connectivity index (χ3n) is 4.26. The van der Waals surface area contributed by atoms with Gasteiger partial charge in [-0.2, -0.15) is 0 Å². The van der Waals surface area contributed by atoms with Crippen LogP contribution < -0.4 is 0 Å². The fourth-order valence-electron chi connectivity index (χ4n) is 2.84. The summed E-state index contributed by atoms with van der Waals surface area (Å²) in [6.45, 7) is 5.14. The quantitative estimate of drug-likeness (QED) is 0.229. The largest absolute Gasteiger partial charge is 0.465 e. The highest BCUT2D eigenvalue weighted by Gasteiger charge is 2.08. The monoisotopic (exact) mass is 298 g/mol. The van der Waals surface area contributed by atoms with E-state index in [1.807, 2.05) is 0 Å². The molecule has 0 saturated carbocycles. The van der Waals surface area contributed by atoms with Gasteiger partial charge in [0.15, 0.2) is 0 Å². The molecule has 1 unspecified atom stereocenters. The fourth-order valence-corrected chi connectivity index (χ4v) is 2.84. The van der Waals surface area contributed by atoms with Gasteiger partial charge in [-0.15, -0.1) is 0 Å². The van der Waals surface area contributed by atoms with Crippen LogP contribution in [0, 0.1) is 0 Å². The molecule has 0 amide bonds. The van der Waals surface area contributed by atoms with Crippen LogP contribution in [0.3, 0.4) is 0 Å². The number of ether oxygens (including phenoxy) is 1. The molecule has 0 aromatic rings. The van der Waals surface area contributed by atoms with E-state index in [0.29, 0.717) is 6.47 Å². The first kappa shape index (κ1) is 20.5. The highest BCUT2D eigenvalue weighted by Crippen LogP contribution is 2.16. The molecule has 0 heterocycles. The zero-order valence-corrected chi connectivity index (χ0v) is 14.6. The summed E-state index contributed by atoms with van der Waals surface area (Å²) in [5, 5.41) is 0. The van der Waals surface area contributed by atoms with Gasteiger partial charge in [0.2, 0.25) is 0 Å². The van der Waals surface area contributed by atoms with Crippen LogP contribution in [0.4, 0.5) is 0 Å². The van der Waals surface area contributed by atoms with Gasteiger partial charge < -0.3 is 4.74 Å². The Morgan fingerprint density at radius 3 is 1.43 bits per heavy atom. The minimum atomic E-state index is 0.171. The van der Waals surface area contributed by atoms with E-state index in [0.717, 1.165) is 12.8 Å². The molecule has 0 aromatic carbocycles. The molecule has 0 fully saturated rings. The highest BCUT2D eigenvalue weighted by atomic mass is 16.5. The van der Waals surface area contributed by atoms with Crippen molar-refractivity contribution in [2.45, 2.75) is 116 Å². The molecular formula is C19H38O2. The van der Waals surface area contributed by atoms with Crippen LogP contribution in [0.5, 0.6) is 0 Å². The first-order chi connectivity index (χ1) is 10.3. The van der Waals surface area contributed by atoms with Gasteiger partial charge in [0.25, 0.3) is 6.47 Å².